The van der Waals surface area contributed by atoms with Gasteiger partial charge in [0.25, 0.3) is 0 Å². The number of halogens is 1. The summed E-state index contributed by atoms with van der Waals surface area (Å²) in [6, 6.07) is 5.51. The molecule has 0 amide bonds. The maximum absolute atomic E-state index is 5.75. The number of hydrogen-bond acceptors (Lipinski definition) is 4. The molecule has 0 saturated carbocycles. The van der Waals surface area contributed by atoms with Gasteiger partial charge in [-0.1, -0.05) is 11.6 Å². The number of fused-ring (bicyclic) bond motifs is 1. The third-order valence-corrected chi connectivity index (χ3v) is 2.99. The van der Waals surface area contributed by atoms with E-state index >= 15 is 0 Å². The molecule has 96 valence electrons. The lowest BCUT2D eigenvalue weighted by Gasteiger charge is -2.08. The Hall–Kier alpha value is -2.27. The van der Waals surface area contributed by atoms with Gasteiger partial charge in [0.1, 0.15) is 10.9 Å². The zero-order valence-corrected chi connectivity index (χ0v) is 10.9. The number of aromatic amines is 1. The number of aromatic nitrogens is 3. The molecule has 6 heteroatoms. The first-order chi connectivity index (χ1) is 9.28. The van der Waals surface area contributed by atoms with Crippen molar-refractivity contribution in [3.63, 3.8) is 0 Å². The molecular formula is C13H11ClN4O. The number of ether oxygens (including phenoxy) is 1. The molecule has 0 saturated heterocycles. The molecule has 0 radical (unpaired) electrons. The fourth-order valence-electron chi connectivity index (χ4n) is 1.87. The Morgan fingerprint density at radius 2 is 2.11 bits per heavy atom. The molecule has 0 aromatic carbocycles. The Bertz CT molecular complexity index is 708. The van der Waals surface area contributed by atoms with Gasteiger partial charge in [-0.3, -0.25) is 0 Å². The SMILES string of the molecule is COc1cnc(Nc2ccc(Cl)nc2)c2[nH]ccc12. The maximum Gasteiger partial charge on any atom is 0.155 e. The second kappa shape index (κ2) is 4.78. The van der Waals surface area contributed by atoms with E-state index in [0.29, 0.717) is 11.0 Å². The van der Waals surface area contributed by atoms with Crippen LogP contribution in [0.5, 0.6) is 5.75 Å². The second-order valence-corrected chi connectivity index (χ2v) is 4.32. The smallest absolute Gasteiger partial charge is 0.155 e. The van der Waals surface area contributed by atoms with Crippen molar-refractivity contribution < 1.29 is 4.74 Å². The lowest BCUT2D eigenvalue weighted by Crippen LogP contribution is -1.96. The Morgan fingerprint density at radius 1 is 1.21 bits per heavy atom. The van der Waals surface area contributed by atoms with E-state index in [9.17, 15) is 0 Å². The van der Waals surface area contributed by atoms with E-state index in [1.165, 1.54) is 0 Å². The molecule has 3 rings (SSSR count). The van der Waals surface area contributed by atoms with Crippen LogP contribution in [-0.2, 0) is 0 Å². The van der Waals surface area contributed by atoms with E-state index < -0.39 is 0 Å². The molecule has 0 aliphatic heterocycles. The molecule has 0 atom stereocenters. The van der Waals surface area contributed by atoms with Gasteiger partial charge in [-0.2, -0.15) is 0 Å². The third-order valence-electron chi connectivity index (χ3n) is 2.77. The topological polar surface area (TPSA) is 62.8 Å². The molecule has 5 nitrogen and oxygen atoms in total. The summed E-state index contributed by atoms with van der Waals surface area (Å²) in [4.78, 5) is 11.5. The van der Waals surface area contributed by atoms with Gasteiger partial charge < -0.3 is 15.0 Å². The summed E-state index contributed by atoms with van der Waals surface area (Å²) < 4.78 is 5.27. The normalized spacial score (nSPS) is 10.6. The molecule has 0 bridgehead atoms. The van der Waals surface area contributed by atoms with Crippen LogP contribution < -0.4 is 10.1 Å². The summed E-state index contributed by atoms with van der Waals surface area (Å²) in [5.74, 6) is 1.45. The Kier molecular flexibility index (Phi) is 2.97. The minimum absolute atomic E-state index is 0.457. The van der Waals surface area contributed by atoms with Gasteiger partial charge in [-0.15, -0.1) is 0 Å². The Morgan fingerprint density at radius 3 is 2.84 bits per heavy atom. The average molecular weight is 275 g/mol. The van der Waals surface area contributed by atoms with Crippen LogP contribution in [0.4, 0.5) is 11.5 Å². The van der Waals surface area contributed by atoms with E-state index in [0.717, 1.165) is 22.3 Å². The van der Waals surface area contributed by atoms with Gasteiger partial charge in [-0.05, 0) is 18.2 Å². The van der Waals surface area contributed by atoms with E-state index in [1.54, 1.807) is 25.6 Å². The first kappa shape index (κ1) is 11.8. The predicted molar refractivity (Wildman–Crippen MR) is 75.2 cm³/mol. The van der Waals surface area contributed by atoms with Crippen molar-refractivity contribution in [2.45, 2.75) is 0 Å². The Labute approximate surface area is 114 Å². The summed E-state index contributed by atoms with van der Waals surface area (Å²) in [6.07, 6.45) is 5.19. The highest BCUT2D eigenvalue weighted by atomic mass is 35.5. The molecule has 3 aromatic heterocycles. The van der Waals surface area contributed by atoms with Gasteiger partial charge in [0.15, 0.2) is 5.82 Å². The molecule has 0 fully saturated rings. The van der Waals surface area contributed by atoms with Crippen LogP contribution in [0.15, 0.2) is 36.8 Å². The average Bonchev–Trinajstić information content (AvgIpc) is 2.91. The van der Waals surface area contributed by atoms with Crippen molar-refractivity contribution in [3.05, 3.63) is 41.9 Å². The van der Waals surface area contributed by atoms with E-state index in [2.05, 4.69) is 20.3 Å². The van der Waals surface area contributed by atoms with Crippen LogP contribution in [-0.4, -0.2) is 22.1 Å². The number of nitrogens with zero attached hydrogens (tertiary/aromatic N) is 2. The number of H-pyrrole nitrogens is 1. The largest absolute Gasteiger partial charge is 0.494 e. The van der Waals surface area contributed by atoms with Gasteiger partial charge in [0, 0.05) is 11.6 Å². The van der Waals surface area contributed by atoms with Crippen LogP contribution in [0.25, 0.3) is 10.9 Å². The molecule has 0 unspecified atom stereocenters. The highest BCUT2D eigenvalue weighted by Crippen LogP contribution is 2.29. The van der Waals surface area contributed by atoms with Crippen molar-refractivity contribution in [1.29, 1.82) is 0 Å². The van der Waals surface area contributed by atoms with Gasteiger partial charge in [-0.25, -0.2) is 9.97 Å². The summed E-state index contributed by atoms with van der Waals surface area (Å²) in [5, 5.41) is 4.62. The van der Waals surface area contributed by atoms with Crippen molar-refractivity contribution in [2.75, 3.05) is 12.4 Å². The fraction of sp³-hybridized carbons (Fsp3) is 0.0769. The molecule has 3 heterocycles. The molecule has 0 aliphatic rings. The van der Waals surface area contributed by atoms with Crippen molar-refractivity contribution >= 4 is 34.0 Å². The van der Waals surface area contributed by atoms with E-state index in [4.69, 9.17) is 16.3 Å². The summed E-state index contributed by atoms with van der Waals surface area (Å²) in [7, 11) is 1.62. The predicted octanol–water partition coefficient (Wildman–Crippen LogP) is 3.36. The van der Waals surface area contributed by atoms with E-state index in [1.807, 2.05) is 18.3 Å². The number of nitrogens with one attached hydrogen (secondary N) is 2. The minimum atomic E-state index is 0.457. The summed E-state index contributed by atoms with van der Waals surface area (Å²) in [6.45, 7) is 0. The number of anilines is 2. The third kappa shape index (κ3) is 2.20. The first-order valence-corrected chi connectivity index (χ1v) is 6.04. The number of pyridine rings is 2. The van der Waals surface area contributed by atoms with Crippen molar-refractivity contribution in [1.82, 2.24) is 15.0 Å². The maximum atomic E-state index is 5.75. The zero-order chi connectivity index (χ0) is 13.2. The second-order valence-electron chi connectivity index (χ2n) is 3.94. The monoisotopic (exact) mass is 274 g/mol. The van der Waals surface area contributed by atoms with Crippen LogP contribution in [0, 0.1) is 0 Å². The highest BCUT2D eigenvalue weighted by molar-refractivity contribution is 6.29. The summed E-state index contributed by atoms with van der Waals surface area (Å²) >= 11 is 5.75. The molecule has 19 heavy (non-hydrogen) atoms. The number of hydrogen-bond donors (Lipinski definition) is 2. The molecule has 0 aliphatic carbocycles. The first-order valence-electron chi connectivity index (χ1n) is 5.66. The van der Waals surface area contributed by atoms with Crippen LogP contribution >= 0.6 is 11.6 Å². The van der Waals surface area contributed by atoms with Gasteiger partial charge in [0.2, 0.25) is 0 Å². The van der Waals surface area contributed by atoms with Crippen LogP contribution in [0.2, 0.25) is 5.15 Å². The number of methoxy groups -OCH3 is 1. The van der Waals surface area contributed by atoms with E-state index in [-0.39, 0.29) is 0 Å². The van der Waals surface area contributed by atoms with Gasteiger partial charge >= 0.3 is 0 Å². The zero-order valence-electron chi connectivity index (χ0n) is 10.1. The standard InChI is InChI=1S/C13H11ClN4O/c1-19-10-7-17-13(12-9(10)4-5-15-12)18-8-2-3-11(14)16-6-8/h2-7,15H,1H3,(H,17,18). The number of rotatable bonds is 3. The van der Waals surface area contributed by atoms with Gasteiger partial charge in [0.05, 0.1) is 30.7 Å². The molecule has 0 spiro atoms. The fourth-order valence-corrected chi connectivity index (χ4v) is 1.98. The highest BCUT2D eigenvalue weighted by Gasteiger charge is 2.09. The molecule has 2 N–H and O–H groups in total. The lowest BCUT2D eigenvalue weighted by atomic mass is 10.3. The van der Waals surface area contributed by atoms with Crippen LogP contribution in [0.1, 0.15) is 0 Å². The van der Waals surface area contributed by atoms with Crippen LogP contribution in [0.3, 0.4) is 0 Å². The summed E-state index contributed by atoms with van der Waals surface area (Å²) in [5.41, 5.74) is 1.70. The lowest BCUT2D eigenvalue weighted by molar-refractivity contribution is 0.418. The van der Waals surface area contributed by atoms with Crippen molar-refractivity contribution in [3.8, 4) is 5.75 Å². The Balaban J connectivity index is 2.01. The molecular weight excluding hydrogens is 264 g/mol. The van der Waals surface area contributed by atoms with Crippen molar-refractivity contribution in [2.24, 2.45) is 0 Å². The quantitative estimate of drug-likeness (QED) is 0.719. The molecule has 3 aromatic rings. The minimum Gasteiger partial charge on any atom is -0.494 e.